The maximum absolute atomic E-state index is 12.1. The molecule has 29 heavy (non-hydrogen) atoms. The number of aromatic nitrogens is 5. The molecule has 10 heteroatoms. The largest absolute Gasteiger partial charge is 0.444 e. The van der Waals surface area contributed by atoms with Gasteiger partial charge in [0.2, 0.25) is 0 Å². The van der Waals surface area contributed by atoms with Gasteiger partial charge in [0, 0.05) is 23.5 Å². The molecule has 1 aromatic carbocycles. The van der Waals surface area contributed by atoms with Crippen LogP contribution in [0.15, 0.2) is 42.9 Å². The average molecular weight is 416 g/mol. The van der Waals surface area contributed by atoms with Crippen molar-refractivity contribution in [1.82, 2.24) is 30.5 Å². The lowest BCUT2D eigenvalue weighted by molar-refractivity contribution is 0.0525. The SMILES string of the molecule is CC(C)(C)OC(=O)NC[C@@H](Nc1ccc(Cl)cc1)c1nc(-c2ccncn2)n[nH]1. The van der Waals surface area contributed by atoms with Gasteiger partial charge in [-0.3, -0.25) is 5.10 Å². The van der Waals surface area contributed by atoms with Crippen LogP contribution in [0.5, 0.6) is 0 Å². The van der Waals surface area contributed by atoms with Crippen LogP contribution in [-0.2, 0) is 4.74 Å². The van der Waals surface area contributed by atoms with Gasteiger partial charge in [-0.15, -0.1) is 0 Å². The summed E-state index contributed by atoms with van der Waals surface area (Å²) in [4.78, 5) is 24.6. The van der Waals surface area contributed by atoms with E-state index in [0.717, 1.165) is 5.69 Å². The molecule has 2 aromatic heterocycles. The molecule has 0 aliphatic rings. The zero-order valence-electron chi connectivity index (χ0n) is 16.3. The normalized spacial score (nSPS) is 12.3. The second-order valence-corrected chi connectivity index (χ2v) is 7.66. The molecule has 3 aromatic rings. The van der Waals surface area contributed by atoms with E-state index in [1.54, 1.807) is 45.2 Å². The fourth-order valence-corrected chi connectivity index (χ4v) is 2.56. The van der Waals surface area contributed by atoms with Crippen molar-refractivity contribution in [2.75, 3.05) is 11.9 Å². The molecule has 0 radical (unpaired) electrons. The van der Waals surface area contributed by atoms with E-state index in [9.17, 15) is 4.79 Å². The molecule has 152 valence electrons. The second-order valence-electron chi connectivity index (χ2n) is 7.23. The zero-order valence-corrected chi connectivity index (χ0v) is 17.1. The van der Waals surface area contributed by atoms with E-state index in [2.05, 4.69) is 35.8 Å². The van der Waals surface area contributed by atoms with Crippen LogP contribution < -0.4 is 10.6 Å². The molecule has 2 heterocycles. The van der Waals surface area contributed by atoms with Crippen molar-refractivity contribution in [2.45, 2.75) is 32.4 Å². The molecule has 0 aliphatic heterocycles. The summed E-state index contributed by atoms with van der Waals surface area (Å²) in [6.45, 7) is 5.64. The molecule has 1 atom stereocenters. The number of carbonyl (C=O) groups is 1. The Bertz CT molecular complexity index is 939. The minimum atomic E-state index is -0.588. The Hall–Kier alpha value is -3.20. The topological polar surface area (TPSA) is 118 Å². The third kappa shape index (κ3) is 6.15. The third-order valence-electron chi connectivity index (χ3n) is 3.68. The number of carbonyl (C=O) groups excluding carboxylic acids is 1. The van der Waals surface area contributed by atoms with Gasteiger partial charge in [-0.25, -0.2) is 19.7 Å². The average Bonchev–Trinajstić information content (AvgIpc) is 3.16. The predicted octanol–water partition coefficient (Wildman–Crippen LogP) is 3.59. The monoisotopic (exact) mass is 415 g/mol. The Labute approximate surface area is 173 Å². The number of hydrogen-bond acceptors (Lipinski definition) is 7. The quantitative estimate of drug-likeness (QED) is 0.562. The van der Waals surface area contributed by atoms with Gasteiger partial charge in [0.1, 0.15) is 29.5 Å². The van der Waals surface area contributed by atoms with Crippen LogP contribution in [0, 0.1) is 0 Å². The van der Waals surface area contributed by atoms with E-state index in [1.807, 2.05) is 12.1 Å². The van der Waals surface area contributed by atoms with Crippen LogP contribution in [0.25, 0.3) is 11.5 Å². The van der Waals surface area contributed by atoms with Crippen LogP contribution in [0.4, 0.5) is 10.5 Å². The molecule has 9 nitrogen and oxygen atoms in total. The lowest BCUT2D eigenvalue weighted by Gasteiger charge is -2.22. The Balaban J connectivity index is 1.77. The summed E-state index contributed by atoms with van der Waals surface area (Å²) in [5, 5.41) is 13.8. The van der Waals surface area contributed by atoms with Crippen molar-refractivity contribution < 1.29 is 9.53 Å². The van der Waals surface area contributed by atoms with Gasteiger partial charge in [-0.1, -0.05) is 11.6 Å². The number of nitrogens with zero attached hydrogens (tertiary/aromatic N) is 4. The lowest BCUT2D eigenvalue weighted by atomic mass is 10.2. The van der Waals surface area contributed by atoms with Gasteiger partial charge in [0.15, 0.2) is 5.82 Å². The molecule has 0 saturated carbocycles. The summed E-state index contributed by atoms with van der Waals surface area (Å²) in [5.41, 5.74) is 0.813. The first-order valence-corrected chi connectivity index (χ1v) is 9.35. The third-order valence-corrected chi connectivity index (χ3v) is 3.93. The van der Waals surface area contributed by atoms with E-state index in [0.29, 0.717) is 22.4 Å². The summed E-state index contributed by atoms with van der Waals surface area (Å²) in [5.74, 6) is 0.965. The van der Waals surface area contributed by atoms with Crippen molar-refractivity contribution in [3.63, 3.8) is 0 Å². The summed E-state index contributed by atoms with van der Waals surface area (Å²) >= 11 is 5.96. The summed E-state index contributed by atoms with van der Waals surface area (Å²) in [6.07, 6.45) is 2.53. The fourth-order valence-electron chi connectivity index (χ4n) is 2.43. The van der Waals surface area contributed by atoms with Gasteiger partial charge >= 0.3 is 6.09 Å². The van der Waals surface area contributed by atoms with Gasteiger partial charge in [-0.05, 0) is 51.1 Å². The fraction of sp³-hybridized carbons (Fsp3) is 0.316. The van der Waals surface area contributed by atoms with Crippen LogP contribution in [0.3, 0.4) is 0 Å². The molecule has 0 aliphatic carbocycles. The van der Waals surface area contributed by atoms with Crippen LogP contribution in [0.2, 0.25) is 5.02 Å². The van der Waals surface area contributed by atoms with Gasteiger partial charge in [-0.2, -0.15) is 5.10 Å². The second kappa shape index (κ2) is 8.87. The standard InChI is InChI=1S/C19H22ClN7O2/c1-19(2,3)29-18(28)22-10-15(24-13-6-4-12(20)5-7-13)17-25-16(26-27-17)14-8-9-21-11-23-14/h4-9,11,15,24H,10H2,1-3H3,(H,22,28)(H,25,26,27)/t15-/m1/s1. The summed E-state index contributed by atoms with van der Waals surface area (Å²) < 4.78 is 5.31. The molecule has 0 unspecified atom stereocenters. The molecule has 3 N–H and O–H groups in total. The van der Waals surface area contributed by atoms with E-state index in [-0.39, 0.29) is 6.54 Å². The maximum atomic E-state index is 12.1. The number of alkyl carbamates (subject to hydrolysis) is 1. The first-order chi connectivity index (χ1) is 13.8. The van der Waals surface area contributed by atoms with E-state index in [4.69, 9.17) is 16.3 Å². The highest BCUT2D eigenvalue weighted by molar-refractivity contribution is 6.30. The first-order valence-electron chi connectivity index (χ1n) is 8.98. The van der Waals surface area contributed by atoms with E-state index < -0.39 is 17.7 Å². The van der Waals surface area contributed by atoms with Gasteiger partial charge in [0.25, 0.3) is 0 Å². The Morgan fingerprint density at radius 1 is 1.24 bits per heavy atom. The minimum Gasteiger partial charge on any atom is -0.444 e. The van der Waals surface area contributed by atoms with Crippen molar-refractivity contribution in [2.24, 2.45) is 0 Å². The van der Waals surface area contributed by atoms with Gasteiger partial charge < -0.3 is 15.4 Å². The molecule has 0 bridgehead atoms. The molecule has 3 rings (SSSR count). The van der Waals surface area contributed by atoms with Crippen LogP contribution in [-0.4, -0.2) is 43.4 Å². The predicted molar refractivity (Wildman–Crippen MR) is 109 cm³/mol. The summed E-state index contributed by atoms with van der Waals surface area (Å²) in [7, 11) is 0. The summed E-state index contributed by atoms with van der Waals surface area (Å²) in [6, 6.07) is 8.54. The Morgan fingerprint density at radius 2 is 2.00 bits per heavy atom. The number of amides is 1. The number of halogens is 1. The smallest absolute Gasteiger partial charge is 0.407 e. The number of ether oxygens (including phenoxy) is 1. The van der Waals surface area contributed by atoms with E-state index in [1.165, 1.54) is 6.33 Å². The number of aromatic amines is 1. The highest BCUT2D eigenvalue weighted by Gasteiger charge is 2.21. The Morgan fingerprint density at radius 3 is 2.66 bits per heavy atom. The van der Waals surface area contributed by atoms with Gasteiger partial charge in [0.05, 0.1) is 0 Å². The zero-order chi connectivity index (χ0) is 20.9. The number of nitrogens with one attached hydrogen (secondary N) is 3. The number of anilines is 1. The number of rotatable bonds is 6. The van der Waals surface area contributed by atoms with Crippen LogP contribution in [0.1, 0.15) is 32.6 Å². The number of benzene rings is 1. The minimum absolute atomic E-state index is 0.218. The molecular weight excluding hydrogens is 394 g/mol. The number of hydrogen-bond donors (Lipinski definition) is 3. The van der Waals surface area contributed by atoms with E-state index >= 15 is 0 Å². The highest BCUT2D eigenvalue weighted by atomic mass is 35.5. The molecule has 1 amide bonds. The molecule has 0 fully saturated rings. The number of H-pyrrole nitrogens is 1. The van der Waals surface area contributed by atoms with Crippen molar-refractivity contribution in [1.29, 1.82) is 0 Å². The first kappa shape index (κ1) is 20.5. The maximum Gasteiger partial charge on any atom is 0.407 e. The molecular formula is C19H22ClN7O2. The lowest BCUT2D eigenvalue weighted by Crippen LogP contribution is -2.36. The Kier molecular flexibility index (Phi) is 6.28. The highest BCUT2D eigenvalue weighted by Crippen LogP contribution is 2.21. The molecule has 0 saturated heterocycles. The van der Waals surface area contributed by atoms with Crippen molar-refractivity contribution in [3.8, 4) is 11.5 Å². The molecule has 0 spiro atoms. The van der Waals surface area contributed by atoms with Crippen LogP contribution >= 0.6 is 11.6 Å². The van der Waals surface area contributed by atoms with Crippen molar-refractivity contribution in [3.05, 3.63) is 53.7 Å². The van der Waals surface area contributed by atoms with Crippen molar-refractivity contribution >= 4 is 23.4 Å².